The third-order valence-electron chi connectivity index (χ3n) is 5.16. The molecule has 5 nitrogen and oxygen atoms in total. The summed E-state index contributed by atoms with van der Waals surface area (Å²) in [5, 5.41) is 8.07. The van der Waals surface area contributed by atoms with Gasteiger partial charge in [-0.15, -0.1) is 5.10 Å². The van der Waals surface area contributed by atoms with E-state index < -0.39 is 11.7 Å². The number of aromatic nitrogens is 3. The van der Waals surface area contributed by atoms with Gasteiger partial charge in [-0.05, 0) is 24.5 Å². The van der Waals surface area contributed by atoms with Crippen molar-refractivity contribution in [1.29, 1.82) is 0 Å². The summed E-state index contributed by atoms with van der Waals surface area (Å²) >= 11 is 1.23. The second kappa shape index (κ2) is 7.54. The van der Waals surface area contributed by atoms with Crippen LogP contribution in [0.25, 0.3) is 4.96 Å². The van der Waals surface area contributed by atoms with Crippen LogP contribution in [0.2, 0.25) is 0 Å². The van der Waals surface area contributed by atoms with Gasteiger partial charge in [-0.1, -0.05) is 48.8 Å². The van der Waals surface area contributed by atoms with Crippen LogP contribution in [0.3, 0.4) is 0 Å². The standard InChI is InChI=1S/C19H19F3N4OS/c20-19(21,22)14-8-5-4-6-12(14)13-7-2-1-3-9-15(13)24-17-25-26-16(27)10-11-23-18(26)28-17/h4-6,8,10-11,13,15H,1-3,7,9H2,(H,24,25)/t13-,15-/m1/s1. The number of benzene rings is 1. The fourth-order valence-corrected chi connectivity index (χ4v) is 4.73. The zero-order valence-electron chi connectivity index (χ0n) is 14.9. The molecule has 0 unspecified atom stereocenters. The second-order valence-corrected chi connectivity index (χ2v) is 7.92. The predicted octanol–water partition coefficient (Wildman–Crippen LogP) is 4.70. The van der Waals surface area contributed by atoms with Gasteiger partial charge in [0, 0.05) is 24.2 Å². The smallest absolute Gasteiger partial charge is 0.357 e. The van der Waals surface area contributed by atoms with Crippen molar-refractivity contribution >= 4 is 21.4 Å². The molecule has 0 amide bonds. The third-order valence-corrected chi connectivity index (χ3v) is 6.02. The Labute approximate surface area is 163 Å². The van der Waals surface area contributed by atoms with Crippen LogP contribution < -0.4 is 10.9 Å². The van der Waals surface area contributed by atoms with E-state index >= 15 is 0 Å². The summed E-state index contributed by atoms with van der Waals surface area (Å²) < 4.78 is 41.9. The first kappa shape index (κ1) is 18.9. The molecule has 1 aliphatic carbocycles. The summed E-state index contributed by atoms with van der Waals surface area (Å²) in [5.41, 5.74) is -0.532. The van der Waals surface area contributed by atoms with Crippen LogP contribution in [-0.2, 0) is 6.18 Å². The molecule has 1 aromatic carbocycles. The van der Waals surface area contributed by atoms with E-state index in [1.807, 2.05) is 0 Å². The normalized spacial score (nSPS) is 20.8. The van der Waals surface area contributed by atoms with Gasteiger partial charge in [0.15, 0.2) is 0 Å². The molecule has 148 valence electrons. The molecule has 1 fully saturated rings. The molecule has 2 atom stereocenters. The molecular formula is C19H19F3N4OS. The first-order chi connectivity index (χ1) is 13.4. The molecule has 3 aromatic rings. The van der Waals surface area contributed by atoms with Gasteiger partial charge in [-0.25, -0.2) is 4.98 Å². The number of nitrogens with one attached hydrogen (secondary N) is 1. The Morgan fingerprint density at radius 3 is 2.68 bits per heavy atom. The second-order valence-electron chi connectivity index (χ2n) is 6.97. The number of halogens is 3. The van der Waals surface area contributed by atoms with Gasteiger partial charge < -0.3 is 5.32 Å². The van der Waals surface area contributed by atoms with Gasteiger partial charge in [-0.2, -0.15) is 17.7 Å². The molecule has 0 bridgehead atoms. The highest BCUT2D eigenvalue weighted by Gasteiger charge is 2.37. The van der Waals surface area contributed by atoms with Gasteiger partial charge in [0.2, 0.25) is 10.1 Å². The molecule has 1 saturated carbocycles. The average Bonchev–Trinajstić information content (AvgIpc) is 2.93. The summed E-state index contributed by atoms with van der Waals surface area (Å²) in [5.74, 6) is -0.281. The lowest BCUT2D eigenvalue weighted by Gasteiger charge is -2.28. The minimum absolute atomic E-state index is 0.192. The van der Waals surface area contributed by atoms with Crippen molar-refractivity contribution < 1.29 is 13.2 Å². The Hall–Kier alpha value is -2.42. The number of nitrogens with zero attached hydrogens (tertiary/aromatic N) is 3. The Kier molecular flexibility index (Phi) is 5.09. The molecule has 0 aliphatic heterocycles. The molecule has 1 N–H and O–H groups in total. The largest absolute Gasteiger partial charge is 0.416 e. The van der Waals surface area contributed by atoms with Crippen molar-refractivity contribution in [3.8, 4) is 0 Å². The summed E-state index contributed by atoms with van der Waals surface area (Å²) in [4.78, 5) is 16.5. The zero-order valence-corrected chi connectivity index (χ0v) is 15.8. The average molecular weight is 408 g/mol. The van der Waals surface area contributed by atoms with E-state index in [0.29, 0.717) is 22.1 Å². The van der Waals surface area contributed by atoms with E-state index in [-0.39, 0.29) is 17.5 Å². The maximum absolute atomic E-state index is 13.6. The van der Waals surface area contributed by atoms with E-state index in [4.69, 9.17) is 0 Å². The van der Waals surface area contributed by atoms with E-state index in [1.54, 1.807) is 12.1 Å². The van der Waals surface area contributed by atoms with Gasteiger partial charge in [0.05, 0.1) is 5.56 Å². The molecule has 0 radical (unpaired) electrons. The lowest BCUT2D eigenvalue weighted by Crippen LogP contribution is -2.28. The first-order valence-electron chi connectivity index (χ1n) is 9.21. The van der Waals surface area contributed by atoms with Crippen molar-refractivity contribution in [2.75, 3.05) is 5.32 Å². The van der Waals surface area contributed by atoms with E-state index in [2.05, 4.69) is 15.4 Å². The number of alkyl halides is 3. The summed E-state index contributed by atoms with van der Waals surface area (Å²) in [6, 6.07) is 6.95. The molecule has 0 saturated heterocycles. The van der Waals surface area contributed by atoms with Crippen LogP contribution in [0.15, 0.2) is 41.3 Å². The number of fused-ring (bicyclic) bond motifs is 1. The fourth-order valence-electron chi connectivity index (χ4n) is 3.89. The van der Waals surface area contributed by atoms with Crippen molar-refractivity contribution in [3.63, 3.8) is 0 Å². The number of hydrogen-bond acceptors (Lipinski definition) is 5. The van der Waals surface area contributed by atoms with Crippen molar-refractivity contribution in [2.45, 2.75) is 50.2 Å². The monoisotopic (exact) mass is 408 g/mol. The molecule has 4 rings (SSSR count). The van der Waals surface area contributed by atoms with Crippen molar-refractivity contribution in [1.82, 2.24) is 14.6 Å². The van der Waals surface area contributed by atoms with E-state index in [0.717, 1.165) is 31.7 Å². The Morgan fingerprint density at radius 1 is 1.11 bits per heavy atom. The minimum atomic E-state index is -4.39. The van der Waals surface area contributed by atoms with Crippen LogP contribution in [-0.4, -0.2) is 20.6 Å². The van der Waals surface area contributed by atoms with Gasteiger partial charge in [0.1, 0.15) is 0 Å². The van der Waals surface area contributed by atoms with Crippen LogP contribution in [0.4, 0.5) is 18.3 Å². The lowest BCUT2D eigenvalue weighted by atomic mass is 9.84. The molecule has 28 heavy (non-hydrogen) atoms. The van der Waals surface area contributed by atoms with Crippen molar-refractivity contribution in [2.24, 2.45) is 0 Å². The molecule has 2 aromatic heterocycles. The number of anilines is 1. The number of rotatable bonds is 3. The predicted molar refractivity (Wildman–Crippen MR) is 102 cm³/mol. The molecule has 1 aliphatic rings. The van der Waals surface area contributed by atoms with Gasteiger partial charge in [0.25, 0.3) is 5.56 Å². The highest BCUT2D eigenvalue weighted by molar-refractivity contribution is 7.20. The molecule has 2 heterocycles. The van der Waals surface area contributed by atoms with Crippen LogP contribution in [0.1, 0.15) is 49.1 Å². The molecular weight excluding hydrogens is 389 g/mol. The zero-order chi connectivity index (χ0) is 19.7. The topological polar surface area (TPSA) is 59.3 Å². The van der Waals surface area contributed by atoms with Crippen LogP contribution in [0, 0.1) is 0 Å². The highest BCUT2D eigenvalue weighted by atomic mass is 32.1. The molecule has 0 spiro atoms. The Balaban J connectivity index is 1.70. The SMILES string of the molecule is O=c1ccnc2sc(N[C@@H]3CCCCC[C@@H]3c3ccccc3C(F)(F)F)nn12. The highest BCUT2D eigenvalue weighted by Crippen LogP contribution is 2.41. The maximum Gasteiger partial charge on any atom is 0.416 e. The Morgan fingerprint density at radius 2 is 1.89 bits per heavy atom. The quantitative estimate of drug-likeness (QED) is 0.639. The summed E-state index contributed by atoms with van der Waals surface area (Å²) in [7, 11) is 0. The van der Waals surface area contributed by atoms with Gasteiger partial charge in [-0.3, -0.25) is 4.79 Å². The van der Waals surface area contributed by atoms with E-state index in [9.17, 15) is 18.0 Å². The van der Waals surface area contributed by atoms with Crippen molar-refractivity contribution in [3.05, 3.63) is 58.0 Å². The Bertz CT molecular complexity index is 1030. The fraction of sp³-hybridized carbons (Fsp3) is 0.421. The summed E-state index contributed by atoms with van der Waals surface area (Å²) in [6.45, 7) is 0. The van der Waals surface area contributed by atoms with Crippen LogP contribution in [0.5, 0.6) is 0 Å². The van der Waals surface area contributed by atoms with E-state index in [1.165, 1.54) is 34.2 Å². The van der Waals surface area contributed by atoms with Gasteiger partial charge >= 0.3 is 6.18 Å². The van der Waals surface area contributed by atoms with Crippen LogP contribution >= 0.6 is 11.3 Å². The summed E-state index contributed by atoms with van der Waals surface area (Å²) in [6.07, 6.45) is 1.27. The minimum Gasteiger partial charge on any atom is -0.357 e. The third kappa shape index (κ3) is 3.76. The number of hydrogen-bond donors (Lipinski definition) is 1. The first-order valence-corrected chi connectivity index (χ1v) is 10.0. The maximum atomic E-state index is 13.6. The lowest BCUT2D eigenvalue weighted by molar-refractivity contribution is -0.138. The molecule has 9 heteroatoms.